The average molecular weight is 309 g/mol. The van der Waals surface area contributed by atoms with E-state index in [1.165, 1.54) is 6.07 Å². The number of hydrogen-bond donors (Lipinski definition) is 0. The summed E-state index contributed by atoms with van der Waals surface area (Å²) in [5.74, 6) is -2.30. The summed E-state index contributed by atoms with van der Waals surface area (Å²) >= 11 is 5.91. The molecule has 0 aliphatic heterocycles. The lowest BCUT2D eigenvalue weighted by Crippen LogP contribution is -2.12. The second-order valence-electron chi connectivity index (χ2n) is 4.99. The molecule has 1 nitrogen and oxygen atoms in total. The zero-order chi connectivity index (χ0) is 15.4. The Balaban J connectivity index is 2.22. The largest absolute Gasteiger partial charge is 0.294 e. The smallest absolute Gasteiger partial charge is 0.169 e. The van der Waals surface area contributed by atoms with Gasteiger partial charge < -0.3 is 0 Å². The summed E-state index contributed by atoms with van der Waals surface area (Å²) in [4.78, 5) is 12.2. The van der Waals surface area contributed by atoms with Crippen LogP contribution in [0.1, 0.15) is 33.8 Å². The number of aryl methyl sites for hydroxylation is 1. The first kappa shape index (κ1) is 15.6. The van der Waals surface area contributed by atoms with Crippen LogP contribution in [0.3, 0.4) is 0 Å². The molecule has 1 unspecified atom stereocenters. The van der Waals surface area contributed by atoms with Gasteiger partial charge in [-0.05, 0) is 24.6 Å². The van der Waals surface area contributed by atoms with Crippen LogP contribution in [-0.4, -0.2) is 11.7 Å². The van der Waals surface area contributed by atoms with Gasteiger partial charge >= 0.3 is 0 Å². The molecule has 0 bridgehead atoms. The molecule has 2 aromatic carbocycles. The van der Waals surface area contributed by atoms with E-state index >= 15 is 0 Å². The first-order valence-electron chi connectivity index (χ1n) is 6.62. The van der Waals surface area contributed by atoms with Gasteiger partial charge in [-0.1, -0.05) is 35.9 Å². The molecule has 1 atom stereocenters. The molecular weight excluding hydrogens is 294 g/mol. The molecule has 0 aliphatic rings. The molecule has 2 aromatic rings. The van der Waals surface area contributed by atoms with Crippen molar-refractivity contribution >= 4 is 17.4 Å². The second kappa shape index (κ2) is 6.81. The molecular formula is C17H15ClF2O. The van der Waals surface area contributed by atoms with Gasteiger partial charge in [-0.3, -0.25) is 4.79 Å². The van der Waals surface area contributed by atoms with Crippen LogP contribution in [0, 0.1) is 18.6 Å². The maximum atomic E-state index is 13.6. The number of benzene rings is 2. The van der Waals surface area contributed by atoms with Crippen molar-refractivity contribution < 1.29 is 13.6 Å². The number of ketones is 1. The van der Waals surface area contributed by atoms with Crippen LogP contribution in [0.25, 0.3) is 0 Å². The minimum atomic E-state index is -0.836. The van der Waals surface area contributed by atoms with Gasteiger partial charge in [-0.25, -0.2) is 8.78 Å². The number of halogens is 3. The lowest BCUT2D eigenvalue weighted by atomic mass is 9.92. The van der Waals surface area contributed by atoms with Crippen LogP contribution in [0.4, 0.5) is 8.78 Å². The van der Waals surface area contributed by atoms with E-state index in [2.05, 4.69) is 0 Å². The zero-order valence-corrected chi connectivity index (χ0v) is 12.3. The summed E-state index contributed by atoms with van der Waals surface area (Å²) in [6.45, 7) is 1.96. The predicted octanol–water partition coefficient (Wildman–Crippen LogP) is 4.87. The zero-order valence-electron chi connectivity index (χ0n) is 11.6. The van der Waals surface area contributed by atoms with Crippen LogP contribution in [0.2, 0.25) is 0 Å². The number of Topliss-reactive ketones (excluding diaryl/α,β-unsaturated/α-hetero) is 1. The fourth-order valence-corrected chi connectivity index (χ4v) is 2.48. The summed E-state index contributed by atoms with van der Waals surface area (Å²) in [5.41, 5.74) is 1.50. The molecule has 21 heavy (non-hydrogen) atoms. The Hall–Kier alpha value is -1.74. The van der Waals surface area contributed by atoms with E-state index in [1.54, 1.807) is 0 Å². The van der Waals surface area contributed by atoms with Crippen molar-refractivity contribution in [1.82, 2.24) is 0 Å². The first-order chi connectivity index (χ1) is 10.0. The highest BCUT2D eigenvalue weighted by atomic mass is 35.5. The van der Waals surface area contributed by atoms with Crippen molar-refractivity contribution in [2.45, 2.75) is 19.3 Å². The van der Waals surface area contributed by atoms with Gasteiger partial charge in [0, 0.05) is 18.2 Å². The summed E-state index contributed by atoms with van der Waals surface area (Å²) in [6.07, 6.45) is -0.0234. The molecule has 0 aromatic heterocycles. The second-order valence-corrected chi connectivity index (χ2v) is 5.29. The quantitative estimate of drug-likeness (QED) is 0.569. The van der Waals surface area contributed by atoms with Gasteiger partial charge in [-0.2, -0.15) is 0 Å². The van der Waals surface area contributed by atoms with Crippen molar-refractivity contribution in [3.05, 3.63) is 70.8 Å². The summed E-state index contributed by atoms with van der Waals surface area (Å²) in [5, 5.41) is 0. The number of rotatable bonds is 5. The molecule has 0 saturated carbocycles. The number of carbonyl (C=O) groups excluding carboxylic acids is 1. The van der Waals surface area contributed by atoms with E-state index in [0.29, 0.717) is 0 Å². The maximum Gasteiger partial charge on any atom is 0.169 e. The summed E-state index contributed by atoms with van der Waals surface area (Å²) < 4.78 is 27.2. The Morgan fingerprint density at radius 2 is 1.67 bits per heavy atom. The Morgan fingerprint density at radius 3 is 2.19 bits per heavy atom. The van der Waals surface area contributed by atoms with E-state index in [0.717, 1.165) is 23.3 Å². The summed E-state index contributed by atoms with van der Waals surface area (Å²) in [6, 6.07) is 11.0. The topological polar surface area (TPSA) is 17.1 Å². The molecule has 0 amide bonds. The molecule has 0 spiro atoms. The van der Waals surface area contributed by atoms with E-state index in [4.69, 9.17) is 11.6 Å². The van der Waals surface area contributed by atoms with Crippen LogP contribution in [0.15, 0.2) is 42.5 Å². The highest BCUT2D eigenvalue weighted by molar-refractivity contribution is 6.18. The number of hydrogen-bond acceptors (Lipinski definition) is 1. The molecule has 0 heterocycles. The third kappa shape index (κ3) is 3.67. The van der Waals surface area contributed by atoms with Gasteiger partial charge in [0.1, 0.15) is 11.6 Å². The van der Waals surface area contributed by atoms with E-state index in [1.807, 2.05) is 31.2 Å². The number of alkyl halides is 1. The Morgan fingerprint density at radius 1 is 1.10 bits per heavy atom. The molecule has 0 aliphatic carbocycles. The SMILES string of the molecule is Cc1ccc(C(CCl)CC(=O)c2c(F)cccc2F)cc1. The first-order valence-corrected chi connectivity index (χ1v) is 7.16. The van der Waals surface area contributed by atoms with E-state index in [-0.39, 0.29) is 18.2 Å². The van der Waals surface area contributed by atoms with Gasteiger partial charge in [0.25, 0.3) is 0 Å². The average Bonchev–Trinajstić information content (AvgIpc) is 2.45. The van der Waals surface area contributed by atoms with Crippen LogP contribution >= 0.6 is 11.6 Å². The fraction of sp³-hybridized carbons (Fsp3) is 0.235. The normalized spacial score (nSPS) is 12.2. The van der Waals surface area contributed by atoms with Crippen molar-refractivity contribution in [2.24, 2.45) is 0 Å². The minimum absolute atomic E-state index is 0.0234. The lowest BCUT2D eigenvalue weighted by molar-refractivity contribution is 0.0967. The van der Waals surface area contributed by atoms with Crippen LogP contribution in [0.5, 0.6) is 0 Å². The van der Waals surface area contributed by atoms with Crippen molar-refractivity contribution in [3.8, 4) is 0 Å². The minimum Gasteiger partial charge on any atom is -0.294 e. The van der Waals surface area contributed by atoms with E-state index < -0.39 is 23.0 Å². The lowest BCUT2D eigenvalue weighted by Gasteiger charge is -2.14. The van der Waals surface area contributed by atoms with Gasteiger partial charge in [0.2, 0.25) is 0 Å². The molecule has 0 fully saturated rings. The van der Waals surface area contributed by atoms with E-state index in [9.17, 15) is 13.6 Å². The highest BCUT2D eigenvalue weighted by Crippen LogP contribution is 2.25. The Kier molecular flexibility index (Phi) is 5.07. The van der Waals surface area contributed by atoms with Crippen molar-refractivity contribution in [3.63, 3.8) is 0 Å². The van der Waals surface area contributed by atoms with Crippen molar-refractivity contribution in [2.75, 3.05) is 5.88 Å². The molecule has 4 heteroatoms. The molecule has 0 N–H and O–H groups in total. The summed E-state index contributed by atoms with van der Waals surface area (Å²) in [7, 11) is 0. The third-order valence-electron chi connectivity index (χ3n) is 3.41. The Bertz CT molecular complexity index is 617. The third-order valence-corrected chi connectivity index (χ3v) is 3.78. The van der Waals surface area contributed by atoms with Crippen LogP contribution < -0.4 is 0 Å². The molecule has 0 radical (unpaired) electrons. The number of carbonyl (C=O) groups is 1. The van der Waals surface area contributed by atoms with Gasteiger partial charge in [0.05, 0.1) is 5.56 Å². The van der Waals surface area contributed by atoms with Gasteiger partial charge in [-0.15, -0.1) is 11.6 Å². The molecule has 110 valence electrons. The molecule has 0 saturated heterocycles. The Labute approximate surface area is 127 Å². The maximum absolute atomic E-state index is 13.6. The molecule has 2 rings (SSSR count). The van der Waals surface area contributed by atoms with Crippen molar-refractivity contribution in [1.29, 1.82) is 0 Å². The fourth-order valence-electron chi connectivity index (χ4n) is 2.19. The monoisotopic (exact) mass is 308 g/mol. The van der Waals surface area contributed by atoms with Gasteiger partial charge in [0.15, 0.2) is 5.78 Å². The predicted molar refractivity (Wildman–Crippen MR) is 79.9 cm³/mol. The highest BCUT2D eigenvalue weighted by Gasteiger charge is 2.21. The standard InChI is InChI=1S/C17H15ClF2O/c1-11-5-7-12(8-6-11)13(10-18)9-16(21)17-14(19)3-2-4-15(17)20/h2-8,13H,9-10H2,1H3. The van der Waals surface area contributed by atoms with Crippen LogP contribution in [-0.2, 0) is 0 Å².